The van der Waals surface area contributed by atoms with Crippen molar-refractivity contribution in [3.8, 4) is 0 Å². The quantitative estimate of drug-likeness (QED) is 0.857. The lowest BCUT2D eigenvalue weighted by molar-refractivity contribution is 0.626. The van der Waals surface area contributed by atoms with E-state index < -0.39 is 0 Å². The summed E-state index contributed by atoms with van der Waals surface area (Å²) in [6.45, 7) is 3.93. The Morgan fingerprint density at radius 3 is 2.56 bits per heavy atom. The van der Waals surface area contributed by atoms with Crippen LogP contribution in [0.3, 0.4) is 0 Å². The second-order valence-electron chi connectivity index (χ2n) is 4.17. The summed E-state index contributed by atoms with van der Waals surface area (Å²) in [6.07, 6.45) is 1.79. The van der Waals surface area contributed by atoms with Gasteiger partial charge in [-0.05, 0) is 49.2 Å². The molecule has 0 amide bonds. The molecule has 0 unspecified atom stereocenters. The van der Waals surface area contributed by atoms with Crippen LogP contribution in [0.15, 0.2) is 35.4 Å². The van der Waals surface area contributed by atoms with Gasteiger partial charge in [0.2, 0.25) is 0 Å². The van der Waals surface area contributed by atoms with Crippen LogP contribution in [-0.4, -0.2) is 4.98 Å². The second-order valence-corrected chi connectivity index (χ2v) is 5.22. The molecule has 0 spiro atoms. The largest absolute Gasteiger partial charge is 0.398 e. The van der Waals surface area contributed by atoms with E-state index in [0.29, 0.717) is 0 Å². The minimum absolute atomic E-state index is 0.215. The van der Waals surface area contributed by atoms with Gasteiger partial charge in [0.05, 0.1) is 5.69 Å². The van der Waals surface area contributed by atoms with Crippen molar-refractivity contribution < 1.29 is 4.39 Å². The van der Waals surface area contributed by atoms with E-state index in [1.54, 1.807) is 30.1 Å². The number of aryl methyl sites for hydroxylation is 1. The third-order valence-electron chi connectivity index (χ3n) is 2.86. The van der Waals surface area contributed by atoms with Gasteiger partial charge in [-0.3, -0.25) is 4.98 Å². The summed E-state index contributed by atoms with van der Waals surface area (Å²) < 4.78 is 12.8. The van der Waals surface area contributed by atoms with Crippen LogP contribution < -0.4 is 5.73 Å². The Hall–Kier alpha value is -1.55. The van der Waals surface area contributed by atoms with Crippen molar-refractivity contribution in [1.82, 2.24) is 4.98 Å². The molecule has 2 aromatic rings. The van der Waals surface area contributed by atoms with E-state index in [1.807, 2.05) is 13.8 Å². The van der Waals surface area contributed by atoms with Crippen molar-refractivity contribution in [3.63, 3.8) is 0 Å². The molecule has 0 saturated carbocycles. The van der Waals surface area contributed by atoms with E-state index in [0.717, 1.165) is 33.2 Å². The molecule has 0 aliphatic rings. The summed E-state index contributed by atoms with van der Waals surface area (Å²) in [6, 6.07) is 6.47. The number of anilines is 1. The van der Waals surface area contributed by atoms with Gasteiger partial charge in [-0.25, -0.2) is 4.39 Å². The second kappa shape index (κ2) is 5.40. The molecule has 0 aliphatic heterocycles. The summed E-state index contributed by atoms with van der Waals surface area (Å²) >= 11 is 1.63. The van der Waals surface area contributed by atoms with Crippen LogP contribution in [0.4, 0.5) is 10.1 Å². The highest BCUT2D eigenvalue weighted by molar-refractivity contribution is 7.98. The van der Waals surface area contributed by atoms with Crippen LogP contribution >= 0.6 is 11.8 Å². The van der Waals surface area contributed by atoms with Crippen LogP contribution in [0.25, 0.3) is 0 Å². The van der Waals surface area contributed by atoms with E-state index in [9.17, 15) is 4.39 Å². The molecule has 2 rings (SSSR count). The number of hydrogen-bond donors (Lipinski definition) is 1. The minimum atomic E-state index is -0.215. The van der Waals surface area contributed by atoms with E-state index in [-0.39, 0.29) is 5.82 Å². The lowest BCUT2D eigenvalue weighted by Gasteiger charge is -2.09. The van der Waals surface area contributed by atoms with Crippen LogP contribution in [0.2, 0.25) is 0 Å². The number of hydrogen-bond acceptors (Lipinski definition) is 3. The summed E-state index contributed by atoms with van der Waals surface area (Å²) in [5.41, 5.74) is 9.79. The highest BCUT2D eigenvalue weighted by Gasteiger charge is 2.06. The fourth-order valence-corrected chi connectivity index (χ4v) is 2.54. The molecular formula is C14H15FN2S. The zero-order valence-corrected chi connectivity index (χ0v) is 11.2. The number of rotatable bonds is 3. The van der Waals surface area contributed by atoms with Crippen molar-refractivity contribution in [1.29, 1.82) is 0 Å². The molecule has 2 nitrogen and oxygen atoms in total. The lowest BCUT2D eigenvalue weighted by Crippen LogP contribution is -2.00. The molecule has 0 radical (unpaired) electrons. The number of nitrogens with two attached hydrogens (primary N) is 1. The maximum Gasteiger partial charge on any atom is 0.123 e. The molecule has 18 heavy (non-hydrogen) atoms. The van der Waals surface area contributed by atoms with E-state index >= 15 is 0 Å². The fraction of sp³-hybridized carbons (Fsp3) is 0.214. The summed E-state index contributed by atoms with van der Waals surface area (Å²) in [5, 5.41) is 0. The average molecular weight is 262 g/mol. The van der Waals surface area contributed by atoms with Gasteiger partial charge >= 0.3 is 0 Å². The van der Waals surface area contributed by atoms with Crippen LogP contribution in [-0.2, 0) is 5.75 Å². The Labute approximate surface area is 110 Å². The third-order valence-corrected chi connectivity index (χ3v) is 3.89. The maximum absolute atomic E-state index is 12.8. The van der Waals surface area contributed by atoms with E-state index in [1.165, 1.54) is 12.1 Å². The van der Waals surface area contributed by atoms with Gasteiger partial charge in [0.1, 0.15) is 5.82 Å². The fourth-order valence-electron chi connectivity index (χ4n) is 1.62. The Balaban J connectivity index is 2.11. The first-order valence-corrected chi connectivity index (χ1v) is 6.65. The van der Waals surface area contributed by atoms with Crippen LogP contribution in [0.5, 0.6) is 0 Å². The lowest BCUT2D eigenvalue weighted by atomic mass is 10.1. The normalized spacial score (nSPS) is 10.6. The smallest absolute Gasteiger partial charge is 0.123 e. The first-order chi connectivity index (χ1) is 8.58. The summed E-state index contributed by atoms with van der Waals surface area (Å²) in [7, 11) is 0. The van der Waals surface area contributed by atoms with Gasteiger partial charge < -0.3 is 5.73 Å². The van der Waals surface area contributed by atoms with Crippen molar-refractivity contribution in [2.24, 2.45) is 0 Å². The topological polar surface area (TPSA) is 38.9 Å². The molecule has 1 aromatic heterocycles. The predicted molar refractivity (Wildman–Crippen MR) is 74.1 cm³/mol. The number of nitrogen functional groups attached to an aromatic ring is 1. The Morgan fingerprint density at radius 2 is 1.89 bits per heavy atom. The van der Waals surface area contributed by atoms with Gasteiger partial charge in [0.15, 0.2) is 0 Å². The highest BCUT2D eigenvalue weighted by atomic mass is 32.2. The maximum atomic E-state index is 12.8. The zero-order chi connectivity index (χ0) is 13.1. The molecular weight excluding hydrogens is 247 g/mol. The number of nitrogens with zero attached hydrogens (tertiary/aromatic N) is 1. The van der Waals surface area contributed by atoms with Crippen molar-refractivity contribution >= 4 is 17.4 Å². The molecule has 0 bridgehead atoms. The Bertz CT molecular complexity index is 552. The predicted octanol–water partition coefficient (Wildman–Crippen LogP) is 3.71. The summed E-state index contributed by atoms with van der Waals surface area (Å²) in [4.78, 5) is 5.42. The van der Waals surface area contributed by atoms with Gasteiger partial charge in [-0.1, -0.05) is 0 Å². The molecule has 94 valence electrons. The number of pyridine rings is 1. The Morgan fingerprint density at radius 1 is 1.22 bits per heavy atom. The first kappa shape index (κ1) is 12.9. The van der Waals surface area contributed by atoms with Crippen molar-refractivity contribution in [2.45, 2.75) is 24.5 Å². The van der Waals surface area contributed by atoms with Crippen molar-refractivity contribution in [3.05, 3.63) is 53.1 Å². The number of halogens is 1. The molecule has 1 heterocycles. The van der Waals surface area contributed by atoms with Gasteiger partial charge in [0, 0.05) is 22.5 Å². The van der Waals surface area contributed by atoms with Crippen LogP contribution in [0.1, 0.15) is 16.8 Å². The standard InChI is InChI=1S/C14H15FN2S/c1-9-7-17-13(10(2)14(9)16)8-18-12-5-3-11(15)4-6-12/h3-7H,8H2,1-2H3,(H2,16,17). The number of benzene rings is 1. The molecule has 4 heteroatoms. The number of aromatic nitrogens is 1. The molecule has 2 N–H and O–H groups in total. The molecule has 0 aliphatic carbocycles. The Kier molecular flexibility index (Phi) is 3.87. The van der Waals surface area contributed by atoms with Gasteiger partial charge in [-0.15, -0.1) is 11.8 Å². The molecule has 0 saturated heterocycles. The van der Waals surface area contributed by atoms with E-state index in [4.69, 9.17) is 5.73 Å². The zero-order valence-electron chi connectivity index (χ0n) is 10.4. The molecule has 1 aromatic carbocycles. The number of thioether (sulfide) groups is 1. The van der Waals surface area contributed by atoms with Crippen molar-refractivity contribution in [2.75, 3.05) is 5.73 Å². The minimum Gasteiger partial charge on any atom is -0.398 e. The molecule has 0 atom stereocenters. The highest BCUT2D eigenvalue weighted by Crippen LogP contribution is 2.26. The summed E-state index contributed by atoms with van der Waals surface area (Å²) in [5.74, 6) is 0.523. The van der Waals surface area contributed by atoms with Gasteiger partial charge in [-0.2, -0.15) is 0 Å². The van der Waals surface area contributed by atoms with E-state index in [2.05, 4.69) is 4.98 Å². The third kappa shape index (κ3) is 2.82. The van der Waals surface area contributed by atoms with Gasteiger partial charge in [0.25, 0.3) is 0 Å². The SMILES string of the molecule is Cc1cnc(CSc2ccc(F)cc2)c(C)c1N. The monoisotopic (exact) mass is 262 g/mol. The van der Waals surface area contributed by atoms with Crippen LogP contribution in [0, 0.1) is 19.7 Å². The first-order valence-electron chi connectivity index (χ1n) is 5.67. The molecule has 0 fully saturated rings. The average Bonchev–Trinajstić information content (AvgIpc) is 2.37.